The monoisotopic (exact) mass is 265 g/mol. The van der Waals surface area contributed by atoms with E-state index in [1.165, 1.54) is 11.6 Å². The Morgan fingerprint density at radius 2 is 2.16 bits per heavy atom. The minimum Gasteiger partial charge on any atom is -0.388 e. The predicted octanol–water partition coefficient (Wildman–Crippen LogP) is 1.94. The van der Waals surface area contributed by atoms with Crippen LogP contribution in [0.25, 0.3) is 0 Å². The van der Waals surface area contributed by atoms with E-state index in [9.17, 15) is 9.50 Å². The summed E-state index contributed by atoms with van der Waals surface area (Å²) >= 11 is 0. The molecule has 1 fully saturated rings. The summed E-state index contributed by atoms with van der Waals surface area (Å²) in [7, 11) is 0. The van der Waals surface area contributed by atoms with E-state index in [1.807, 2.05) is 6.07 Å². The third-order valence-corrected chi connectivity index (χ3v) is 4.29. The molecule has 1 aliphatic heterocycles. The Kier molecular flexibility index (Phi) is 3.56. The Labute approximate surface area is 112 Å². The van der Waals surface area contributed by atoms with E-state index in [2.05, 4.69) is 5.32 Å². The lowest BCUT2D eigenvalue weighted by Crippen LogP contribution is -2.45. The Morgan fingerprint density at radius 3 is 2.95 bits per heavy atom. The fraction of sp³-hybridized carbons (Fsp3) is 0.600. The second-order valence-corrected chi connectivity index (χ2v) is 5.65. The van der Waals surface area contributed by atoms with E-state index >= 15 is 0 Å². The van der Waals surface area contributed by atoms with Crippen LogP contribution in [0, 0.1) is 5.82 Å². The zero-order chi connectivity index (χ0) is 13.3. The van der Waals surface area contributed by atoms with Crippen molar-refractivity contribution in [1.29, 1.82) is 0 Å². The molecule has 1 saturated heterocycles. The predicted molar refractivity (Wildman–Crippen MR) is 70.5 cm³/mol. The van der Waals surface area contributed by atoms with Crippen LogP contribution >= 0.6 is 0 Å². The summed E-state index contributed by atoms with van der Waals surface area (Å²) in [6.45, 7) is 1.79. The van der Waals surface area contributed by atoms with Crippen molar-refractivity contribution in [2.24, 2.45) is 0 Å². The van der Waals surface area contributed by atoms with Crippen molar-refractivity contribution >= 4 is 0 Å². The summed E-state index contributed by atoms with van der Waals surface area (Å²) in [5.74, 6) is -0.183. The van der Waals surface area contributed by atoms with Gasteiger partial charge in [0.2, 0.25) is 0 Å². The molecule has 1 atom stereocenters. The van der Waals surface area contributed by atoms with Crippen molar-refractivity contribution in [3.05, 3.63) is 35.1 Å². The molecule has 0 amide bonds. The highest BCUT2D eigenvalue weighted by molar-refractivity contribution is 5.35. The SMILES string of the molecule is OC1(CNC2CCc3ccc(F)cc32)CCOCC1. The molecular weight excluding hydrogens is 245 g/mol. The van der Waals surface area contributed by atoms with Crippen LogP contribution in [0.4, 0.5) is 4.39 Å². The summed E-state index contributed by atoms with van der Waals surface area (Å²) in [5.41, 5.74) is 1.60. The van der Waals surface area contributed by atoms with Crippen LogP contribution in [0.1, 0.15) is 36.4 Å². The van der Waals surface area contributed by atoms with Gasteiger partial charge in [-0.1, -0.05) is 6.07 Å². The van der Waals surface area contributed by atoms with E-state index < -0.39 is 5.60 Å². The number of hydrogen-bond donors (Lipinski definition) is 2. The summed E-state index contributed by atoms with van der Waals surface area (Å²) < 4.78 is 18.6. The van der Waals surface area contributed by atoms with E-state index in [0.717, 1.165) is 18.4 Å². The molecule has 1 aromatic rings. The quantitative estimate of drug-likeness (QED) is 0.877. The number of halogens is 1. The molecule has 1 heterocycles. The number of ether oxygens (including phenoxy) is 1. The largest absolute Gasteiger partial charge is 0.388 e. The summed E-state index contributed by atoms with van der Waals surface area (Å²) in [6, 6.07) is 5.18. The Hall–Kier alpha value is -0.970. The number of fused-ring (bicyclic) bond motifs is 1. The first-order valence-corrected chi connectivity index (χ1v) is 6.98. The second-order valence-electron chi connectivity index (χ2n) is 5.65. The Bertz CT molecular complexity index is 457. The molecule has 1 aliphatic carbocycles. The minimum atomic E-state index is -0.672. The third-order valence-electron chi connectivity index (χ3n) is 4.29. The topological polar surface area (TPSA) is 41.5 Å². The zero-order valence-electron chi connectivity index (χ0n) is 11.0. The van der Waals surface area contributed by atoms with Gasteiger partial charge in [-0.15, -0.1) is 0 Å². The van der Waals surface area contributed by atoms with Crippen LogP contribution in [0.5, 0.6) is 0 Å². The van der Waals surface area contributed by atoms with Crippen molar-refractivity contribution < 1.29 is 14.2 Å². The van der Waals surface area contributed by atoms with Crippen molar-refractivity contribution in [2.45, 2.75) is 37.3 Å². The number of rotatable bonds is 3. The van der Waals surface area contributed by atoms with Crippen molar-refractivity contribution in [3.8, 4) is 0 Å². The van der Waals surface area contributed by atoms with Crippen LogP contribution < -0.4 is 5.32 Å². The normalized spacial score (nSPS) is 25.3. The molecule has 4 heteroatoms. The molecule has 3 rings (SSSR count). The molecule has 0 aromatic heterocycles. The maximum atomic E-state index is 13.3. The third kappa shape index (κ3) is 2.81. The van der Waals surface area contributed by atoms with Gasteiger partial charge in [-0.05, 0) is 36.1 Å². The fourth-order valence-corrected chi connectivity index (χ4v) is 3.03. The molecule has 1 aromatic carbocycles. The van der Waals surface area contributed by atoms with Gasteiger partial charge in [0.05, 0.1) is 5.60 Å². The van der Waals surface area contributed by atoms with E-state index in [4.69, 9.17) is 4.74 Å². The van der Waals surface area contributed by atoms with E-state index in [-0.39, 0.29) is 11.9 Å². The van der Waals surface area contributed by atoms with Gasteiger partial charge in [-0.3, -0.25) is 0 Å². The lowest BCUT2D eigenvalue weighted by Gasteiger charge is -2.33. The molecule has 1 unspecified atom stereocenters. The van der Waals surface area contributed by atoms with Gasteiger partial charge in [0, 0.05) is 38.6 Å². The average Bonchev–Trinajstić information content (AvgIpc) is 2.80. The van der Waals surface area contributed by atoms with Gasteiger partial charge in [0.1, 0.15) is 5.82 Å². The highest BCUT2D eigenvalue weighted by Crippen LogP contribution is 2.32. The number of aliphatic hydroxyl groups is 1. The number of hydrogen-bond acceptors (Lipinski definition) is 3. The lowest BCUT2D eigenvalue weighted by molar-refractivity contribution is -0.0628. The zero-order valence-corrected chi connectivity index (χ0v) is 11.0. The molecule has 104 valence electrons. The molecule has 2 N–H and O–H groups in total. The molecule has 3 nitrogen and oxygen atoms in total. The standard InChI is InChI=1S/C15H20FNO2/c16-12-3-1-11-2-4-14(13(11)9-12)17-10-15(18)5-7-19-8-6-15/h1,3,9,14,17-18H,2,4-8,10H2. The lowest BCUT2D eigenvalue weighted by atomic mass is 9.94. The van der Waals surface area contributed by atoms with Crippen molar-refractivity contribution in [2.75, 3.05) is 19.8 Å². The Morgan fingerprint density at radius 1 is 1.37 bits per heavy atom. The maximum Gasteiger partial charge on any atom is 0.123 e. The molecule has 0 radical (unpaired) electrons. The van der Waals surface area contributed by atoms with Gasteiger partial charge in [-0.25, -0.2) is 4.39 Å². The van der Waals surface area contributed by atoms with Crippen LogP contribution in [0.3, 0.4) is 0 Å². The van der Waals surface area contributed by atoms with Crippen molar-refractivity contribution in [3.63, 3.8) is 0 Å². The first-order valence-electron chi connectivity index (χ1n) is 6.98. The highest BCUT2D eigenvalue weighted by Gasteiger charge is 2.31. The number of nitrogens with one attached hydrogen (secondary N) is 1. The molecule has 19 heavy (non-hydrogen) atoms. The first kappa shape index (κ1) is 13.0. The van der Waals surface area contributed by atoms with Crippen LogP contribution in [-0.2, 0) is 11.2 Å². The smallest absolute Gasteiger partial charge is 0.123 e. The molecule has 0 bridgehead atoms. The van der Waals surface area contributed by atoms with Crippen molar-refractivity contribution in [1.82, 2.24) is 5.32 Å². The van der Waals surface area contributed by atoms with Crippen LogP contribution in [0.2, 0.25) is 0 Å². The number of aryl methyl sites for hydroxylation is 1. The van der Waals surface area contributed by atoms with Gasteiger partial charge in [0.25, 0.3) is 0 Å². The van der Waals surface area contributed by atoms with Gasteiger partial charge >= 0.3 is 0 Å². The molecule has 0 spiro atoms. The first-order chi connectivity index (χ1) is 9.16. The summed E-state index contributed by atoms with van der Waals surface area (Å²) in [4.78, 5) is 0. The van der Waals surface area contributed by atoms with Gasteiger partial charge in [0.15, 0.2) is 0 Å². The molecular formula is C15H20FNO2. The van der Waals surface area contributed by atoms with Crippen LogP contribution in [0.15, 0.2) is 18.2 Å². The molecule has 2 aliphatic rings. The maximum absolute atomic E-state index is 13.3. The van der Waals surface area contributed by atoms with E-state index in [0.29, 0.717) is 32.6 Å². The average molecular weight is 265 g/mol. The molecule has 0 saturated carbocycles. The summed E-state index contributed by atoms with van der Waals surface area (Å²) in [6.07, 6.45) is 3.30. The second kappa shape index (κ2) is 5.19. The Balaban J connectivity index is 1.64. The fourth-order valence-electron chi connectivity index (χ4n) is 3.03. The van der Waals surface area contributed by atoms with E-state index in [1.54, 1.807) is 6.07 Å². The van der Waals surface area contributed by atoms with Crippen LogP contribution in [-0.4, -0.2) is 30.5 Å². The minimum absolute atomic E-state index is 0.164. The number of benzene rings is 1. The van der Waals surface area contributed by atoms with Gasteiger partial charge < -0.3 is 15.2 Å². The highest BCUT2D eigenvalue weighted by atomic mass is 19.1. The van der Waals surface area contributed by atoms with Gasteiger partial charge in [-0.2, -0.15) is 0 Å². The summed E-state index contributed by atoms with van der Waals surface area (Å²) in [5, 5.41) is 13.8.